The zero-order valence-electron chi connectivity index (χ0n) is 5.25. The Labute approximate surface area is 70.6 Å². The number of carboxylic acid groups (broad SMARTS) is 1. The zero-order chi connectivity index (χ0) is 7.72. The van der Waals surface area contributed by atoms with E-state index in [2.05, 4.69) is 10.2 Å². The Balaban J connectivity index is 3.17. The second kappa shape index (κ2) is 2.53. The Morgan fingerprint density at radius 3 is 2.50 bits per heavy atom. The van der Waals surface area contributed by atoms with E-state index in [9.17, 15) is 4.79 Å². The maximum absolute atomic E-state index is 10.3. The summed E-state index contributed by atoms with van der Waals surface area (Å²) in [4.78, 5) is 10.3. The summed E-state index contributed by atoms with van der Waals surface area (Å²) in [5, 5.41) is 22.9. The van der Waals surface area contributed by atoms with Gasteiger partial charge in [0.15, 0.2) is 0 Å². The Morgan fingerprint density at radius 1 is 1.70 bits per heavy atom. The second-order valence-corrected chi connectivity index (χ2v) is 4.71. The molecule has 1 rings (SSSR count). The van der Waals surface area contributed by atoms with Crippen molar-refractivity contribution in [3.63, 3.8) is 0 Å². The van der Waals surface area contributed by atoms with Crippen molar-refractivity contribution in [3.05, 3.63) is 5.69 Å². The fourth-order valence-electron chi connectivity index (χ4n) is 0.597. The van der Waals surface area contributed by atoms with Crippen molar-refractivity contribution < 1.29 is 15.0 Å². The third kappa shape index (κ3) is 1.11. The molecule has 0 spiro atoms. The van der Waals surface area contributed by atoms with E-state index in [0.29, 0.717) is 3.32 Å². The molecule has 0 aliphatic rings. The van der Waals surface area contributed by atoms with Gasteiger partial charge in [0.1, 0.15) is 0 Å². The molecule has 0 aromatic carbocycles. The third-order valence-corrected chi connectivity index (χ3v) is 3.89. The predicted octanol–water partition coefficient (Wildman–Crippen LogP) is -1.93. The number of rotatable bonds is 1. The van der Waals surface area contributed by atoms with E-state index in [1.54, 1.807) is 0 Å². The van der Waals surface area contributed by atoms with Crippen LogP contribution in [-0.4, -0.2) is 50.8 Å². The van der Waals surface area contributed by atoms with Crippen molar-refractivity contribution in [3.8, 4) is 5.88 Å². The molecule has 0 amide bonds. The summed E-state index contributed by atoms with van der Waals surface area (Å²) in [7, 11) is 0. The van der Waals surface area contributed by atoms with Crippen molar-refractivity contribution >= 4 is 33.7 Å². The first-order valence-corrected chi connectivity index (χ1v) is 5.45. The number of hydrogen-bond donors (Lipinski definition) is 3. The molecule has 0 aliphatic carbocycles. The van der Waals surface area contributed by atoms with Crippen LogP contribution in [0.25, 0.3) is 0 Å². The van der Waals surface area contributed by atoms with E-state index in [0.717, 1.165) is 0 Å². The van der Waals surface area contributed by atoms with Crippen LogP contribution in [0.2, 0.25) is 0 Å². The summed E-state index contributed by atoms with van der Waals surface area (Å²) >= 11 is -0.0394. The van der Waals surface area contributed by atoms with Gasteiger partial charge >= 0.3 is 70.4 Å². The van der Waals surface area contributed by atoms with Crippen LogP contribution in [-0.2, 0) is 0 Å². The molecule has 0 radical (unpaired) electrons. The van der Waals surface area contributed by atoms with Gasteiger partial charge in [-0.05, 0) is 0 Å². The fraction of sp³-hybridized carbons (Fsp3) is 0. The number of aromatic amines is 1. The Morgan fingerprint density at radius 2 is 2.30 bits per heavy atom. The molecule has 1 aromatic heterocycles. The van der Waals surface area contributed by atoms with Crippen LogP contribution in [0.4, 0.5) is 0 Å². The van der Waals surface area contributed by atoms with Gasteiger partial charge in [-0.25, -0.2) is 0 Å². The van der Waals surface area contributed by atoms with E-state index in [1.807, 2.05) is 0 Å². The number of carbonyl (C=O) groups is 1. The summed E-state index contributed by atoms with van der Waals surface area (Å²) in [5.41, 5.74) is -0.0479. The first kappa shape index (κ1) is 7.46. The quantitative estimate of drug-likeness (QED) is 0.537. The predicted molar refractivity (Wildman–Crippen MR) is 35.4 cm³/mol. The van der Waals surface area contributed by atoms with Gasteiger partial charge in [-0.15, -0.1) is 0 Å². The van der Waals surface area contributed by atoms with Crippen LogP contribution in [0.15, 0.2) is 0 Å². The van der Waals surface area contributed by atoms with Crippen molar-refractivity contribution in [1.82, 2.24) is 10.2 Å². The molecule has 3 N–H and O–H groups in total. The topological polar surface area (TPSA) is 86.2 Å². The average Bonchev–Trinajstić information content (AvgIpc) is 2.14. The van der Waals surface area contributed by atoms with E-state index < -0.39 is 5.97 Å². The first-order valence-electron chi connectivity index (χ1n) is 2.60. The molecule has 0 unspecified atom stereocenters. The van der Waals surface area contributed by atoms with Crippen LogP contribution in [0.5, 0.6) is 5.88 Å². The molecule has 52 valence electrons. The molecule has 0 fully saturated rings. The first-order chi connectivity index (χ1) is 4.63. The van der Waals surface area contributed by atoms with Gasteiger partial charge in [0, 0.05) is 0 Å². The van der Waals surface area contributed by atoms with Gasteiger partial charge in [0.25, 0.3) is 0 Å². The maximum atomic E-state index is 10.3. The van der Waals surface area contributed by atoms with Gasteiger partial charge in [-0.2, -0.15) is 0 Å². The van der Waals surface area contributed by atoms with Crippen LogP contribution in [0, 0.1) is 0 Å². The molecule has 1 aromatic rings. The number of hydrogen-bond acceptors (Lipinski definition) is 3. The molecule has 0 saturated carbocycles. The standard InChI is InChI=1S/C4H3N2O3.In.2H/c7-3-1-2(4(8)9)5-6-3;;;/h(H,8,9)(H2,5,6,7);;;. The van der Waals surface area contributed by atoms with Gasteiger partial charge in [-0.3, -0.25) is 0 Å². The Kier molecular flexibility index (Phi) is 1.89. The van der Waals surface area contributed by atoms with Gasteiger partial charge in [0.05, 0.1) is 0 Å². The number of nitrogens with one attached hydrogen (secondary N) is 1. The minimum atomic E-state index is -1.09. The number of aromatic carboxylic acids is 1. The Hall–Kier alpha value is -0.650. The molecule has 1 heterocycles. The summed E-state index contributed by atoms with van der Waals surface area (Å²) in [6.07, 6.45) is 0. The summed E-state index contributed by atoms with van der Waals surface area (Å²) in [5.74, 6) is -1.20. The minimum absolute atomic E-state index is 0.0394. The third-order valence-electron chi connectivity index (χ3n) is 1.19. The van der Waals surface area contributed by atoms with Gasteiger partial charge in [-0.1, -0.05) is 0 Å². The van der Waals surface area contributed by atoms with Crippen molar-refractivity contribution in [2.24, 2.45) is 0 Å². The molecule has 0 aliphatic heterocycles. The van der Waals surface area contributed by atoms with Crippen molar-refractivity contribution in [2.75, 3.05) is 0 Å². The molecule has 6 heteroatoms. The number of H-pyrrole nitrogens is 1. The summed E-state index contributed by atoms with van der Waals surface area (Å²) < 4.78 is 0.467. The molecule has 5 nitrogen and oxygen atoms in total. The monoisotopic (exact) mass is 244 g/mol. The summed E-state index contributed by atoms with van der Waals surface area (Å²) in [6.45, 7) is 0. The number of nitrogens with zero attached hydrogens (tertiary/aromatic N) is 1. The second-order valence-electron chi connectivity index (χ2n) is 1.85. The van der Waals surface area contributed by atoms with Crippen LogP contribution in [0.3, 0.4) is 0 Å². The van der Waals surface area contributed by atoms with E-state index >= 15 is 0 Å². The van der Waals surface area contributed by atoms with Crippen molar-refractivity contribution in [2.45, 2.75) is 0 Å². The van der Waals surface area contributed by atoms with Crippen LogP contribution >= 0.6 is 0 Å². The van der Waals surface area contributed by atoms with Crippen LogP contribution in [0.1, 0.15) is 10.5 Å². The van der Waals surface area contributed by atoms with E-state index in [4.69, 9.17) is 10.2 Å². The van der Waals surface area contributed by atoms with Crippen molar-refractivity contribution in [1.29, 1.82) is 0 Å². The Bertz CT molecular complexity index is 269. The van der Waals surface area contributed by atoms with E-state index in [1.165, 1.54) is 0 Å². The summed E-state index contributed by atoms with van der Waals surface area (Å²) in [6, 6.07) is 0. The molecule has 0 bridgehead atoms. The normalized spacial score (nSPS) is 9.60. The molecule has 0 saturated heterocycles. The zero-order valence-corrected chi connectivity index (χ0v) is 11.0. The number of carboxylic acids is 1. The number of aromatic nitrogens is 2. The molecular weight excluding hydrogens is 239 g/mol. The fourth-order valence-corrected chi connectivity index (χ4v) is 1.85. The number of aromatic hydroxyl groups is 1. The SMILES string of the molecule is O=C(O)c1n[nH]c(O)[c]1[InH2]. The van der Waals surface area contributed by atoms with Gasteiger partial charge < -0.3 is 0 Å². The molecule has 0 atom stereocenters. The average molecular weight is 244 g/mol. The van der Waals surface area contributed by atoms with Gasteiger partial charge in [0.2, 0.25) is 0 Å². The molecular formula is C4H5InN2O3. The molecule has 10 heavy (non-hydrogen) atoms. The van der Waals surface area contributed by atoms with Crippen LogP contribution < -0.4 is 3.32 Å². The van der Waals surface area contributed by atoms with E-state index in [-0.39, 0.29) is 35.9 Å².